The van der Waals surface area contributed by atoms with Gasteiger partial charge in [-0.3, -0.25) is 9.69 Å². The van der Waals surface area contributed by atoms with Crippen LogP contribution < -0.4 is 11.1 Å². The molecule has 0 saturated carbocycles. The monoisotopic (exact) mass is 245 g/mol. The predicted molar refractivity (Wildman–Crippen MR) is 69.9 cm³/mol. The first-order valence-corrected chi connectivity index (χ1v) is 6.09. The van der Waals surface area contributed by atoms with Crippen molar-refractivity contribution in [3.63, 3.8) is 0 Å². The van der Waals surface area contributed by atoms with Crippen molar-refractivity contribution in [1.29, 1.82) is 0 Å². The smallest absolute Gasteiger partial charge is 0.234 e. The van der Waals surface area contributed by atoms with E-state index >= 15 is 0 Å². The topological polar surface area (TPSA) is 67.6 Å². The standard InChI is InChI=1S/C12H27N3O2/c1-6-12(3,9-13)15(4)7-11(16)14-10(2)8-17-5/h10H,6-9,13H2,1-5H3,(H,14,16). The molecule has 0 bridgehead atoms. The molecule has 2 unspecified atom stereocenters. The Balaban J connectivity index is 4.20. The number of nitrogens with zero attached hydrogens (tertiary/aromatic N) is 1. The van der Waals surface area contributed by atoms with Crippen LogP contribution in [0.25, 0.3) is 0 Å². The van der Waals surface area contributed by atoms with Crippen molar-refractivity contribution < 1.29 is 9.53 Å². The van der Waals surface area contributed by atoms with E-state index in [2.05, 4.69) is 19.2 Å². The normalized spacial score (nSPS) is 16.6. The highest BCUT2D eigenvalue weighted by Gasteiger charge is 2.27. The van der Waals surface area contributed by atoms with Gasteiger partial charge in [-0.25, -0.2) is 0 Å². The molecule has 0 radical (unpaired) electrons. The van der Waals surface area contributed by atoms with E-state index in [1.165, 1.54) is 0 Å². The van der Waals surface area contributed by atoms with Gasteiger partial charge in [-0.05, 0) is 27.3 Å². The van der Waals surface area contributed by atoms with Crippen LogP contribution >= 0.6 is 0 Å². The molecule has 5 nitrogen and oxygen atoms in total. The van der Waals surface area contributed by atoms with Crippen LogP contribution in [0.1, 0.15) is 27.2 Å². The Hall–Kier alpha value is -0.650. The number of carbonyl (C=O) groups is 1. The van der Waals surface area contributed by atoms with E-state index < -0.39 is 0 Å². The highest BCUT2D eigenvalue weighted by atomic mass is 16.5. The van der Waals surface area contributed by atoms with Gasteiger partial charge in [0.15, 0.2) is 0 Å². The maximum absolute atomic E-state index is 11.8. The summed E-state index contributed by atoms with van der Waals surface area (Å²) < 4.78 is 4.97. The van der Waals surface area contributed by atoms with Crippen LogP contribution in [0, 0.1) is 0 Å². The van der Waals surface area contributed by atoms with Crippen LogP contribution in [0.15, 0.2) is 0 Å². The molecule has 17 heavy (non-hydrogen) atoms. The molecule has 102 valence electrons. The Kier molecular flexibility index (Phi) is 7.34. The Labute approximate surface area is 105 Å². The fraction of sp³-hybridized carbons (Fsp3) is 0.917. The first-order valence-electron chi connectivity index (χ1n) is 6.09. The van der Waals surface area contributed by atoms with Crippen molar-refractivity contribution in [2.45, 2.75) is 38.8 Å². The lowest BCUT2D eigenvalue weighted by atomic mass is 9.97. The van der Waals surface area contributed by atoms with Gasteiger partial charge in [0.05, 0.1) is 13.2 Å². The average molecular weight is 245 g/mol. The maximum Gasteiger partial charge on any atom is 0.234 e. The van der Waals surface area contributed by atoms with E-state index in [1.807, 2.05) is 18.9 Å². The van der Waals surface area contributed by atoms with Gasteiger partial charge in [-0.15, -0.1) is 0 Å². The Morgan fingerprint density at radius 1 is 1.59 bits per heavy atom. The van der Waals surface area contributed by atoms with Gasteiger partial charge < -0.3 is 15.8 Å². The number of methoxy groups -OCH3 is 1. The van der Waals surface area contributed by atoms with Gasteiger partial charge in [-0.2, -0.15) is 0 Å². The summed E-state index contributed by atoms with van der Waals surface area (Å²) in [7, 11) is 3.55. The second kappa shape index (κ2) is 7.63. The third-order valence-electron chi connectivity index (χ3n) is 3.33. The molecule has 0 aromatic heterocycles. The number of carbonyl (C=O) groups excluding carboxylic acids is 1. The van der Waals surface area contributed by atoms with Crippen LogP contribution in [0.2, 0.25) is 0 Å². The number of nitrogens with two attached hydrogens (primary N) is 1. The first-order chi connectivity index (χ1) is 7.89. The number of amides is 1. The summed E-state index contributed by atoms with van der Waals surface area (Å²) in [6, 6.07) is 0.0339. The minimum atomic E-state index is -0.123. The van der Waals surface area contributed by atoms with Crippen molar-refractivity contribution in [2.75, 3.05) is 33.9 Å². The van der Waals surface area contributed by atoms with E-state index in [0.717, 1.165) is 6.42 Å². The Bertz CT molecular complexity index is 230. The zero-order valence-electron chi connectivity index (χ0n) is 11.7. The lowest BCUT2D eigenvalue weighted by Gasteiger charge is -2.37. The van der Waals surface area contributed by atoms with Crippen LogP contribution in [0.3, 0.4) is 0 Å². The summed E-state index contributed by atoms with van der Waals surface area (Å²) in [5, 5.41) is 2.89. The van der Waals surface area contributed by atoms with E-state index in [9.17, 15) is 4.79 Å². The highest BCUT2D eigenvalue weighted by Crippen LogP contribution is 2.15. The van der Waals surface area contributed by atoms with Gasteiger partial charge >= 0.3 is 0 Å². The third-order valence-corrected chi connectivity index (χ3v) is 3.33. The lowest BCUT2D eigenvalue weighted by Crippen LogP contribution is -2.53. The van der Waals surface area contributed by atoms with E-state index in [1.54, 1.807) is 7.11 Å². The van der Waals surface area contributed by atoms with Gasteiger partial charge in [0, 0.05) is 25.2 Å². The Morgan fingerprint density at radius 3 is 2.59 bits per heavy atom. The van der Waals surface area contributed by atoms with Gasteiger partial charge in [-0.1, -0.05) is 6.92 Å². The summed E-state index contributed by atoms with van der Waals surface area (Å²) in [6.07, 6.45) is 0.918. The molecule has 3 N–H and O–H groups in total. The maximum atomic E-state index is 11.8. The number of hydrogen-bond acceptors (Lipinski definition) is 4. The van der Waals surface area contributed by atoms with Crippen molar-refractivity contribution in [1.82, 2.24) is 10.2 Å². The molecule has 0 heterocycles. The fourth-order valence-electron chi connectivity index (χ4n) is 1.59. The minimum Gasteiger partial charge on any atom is -0.383 e. The second-order valence-corrected chi connectivity index (χ2v) is 4.83. The zero-order valence-corrected chi connectivity index (χ0v) is 11.7. The molecule has 0 saturated heterocycles. The predicted octanol–water partition coefficient (Wildman–Crippen LogP) is 0.197. The molecule has 0 aliphatic heterocycles. The molecule has 0 spiro atoms. The zero-order chi connectivity index (χ0) is 13.5. The van der Waals surface area contributed by atoms with E-state index in [-0.39, 0.29) is 17.5 Å². The van der Waals surface area contributed by atoms with Gasteiger partial charge in [0.25, 0.3) is 0 Å². The van der Waals surface area contributed by atoms with Crippen LogP contribution in [-0.4, -0.2) is 56.2 Å². The number of nitrogens with one attached hydrogen (secondary N) is 1. The van der Waals surface area contributed by atoms with E-state index in [4.69, 9.17) is 10.5 Å². The quantitative estimate of drug-likeness (QED) is 0.641. The molecule has 0 aliphatic carbocycles. The Morgan fingerprint density at radius 2 is 2.18 bits per heavy atom. The van der Waals surface area contributed by atoms with Crippen LogP contribution in [0.5, 0.6) is 0 Å². The van der Waals surface area contributed by atoms with Crippen molar-refractivity contribution in [3.05, 3.63) is 0 Å². The third kappa shape index (κ3) is 5.48. The summed E-state index contributed by atoms with van der Waals surface area (Å²) in [6.45, 7) is 7.49. The summed E-state index contributed by atoms with van der Waals surface area (Å²) in [5.74, 6) is 0.00479. The van der Waals surface area contributed by atoms with Gasteiger partial charge in [0.2, 0.25) is 5.91 Å². The van der Waals surface area contributed by atoms with E-state index in [0.29, 0.717) is 19.7 Å². The second-order valence-electron chi connectivity index (χ2n) is 4.83. The fourth-order valence-corrected chi connectivity index (χ4v) is 1.59. The molecule has 0 aliphatic rings. The molecule has 0 aromatic rings. The summed E-state index contributed by atoms with van der Waals surface area (Å²) in [5.41, 5.74) is 5.63. The molecule has 0 rings (SSSR count). The molecule has 0 fully saturated rings. The molecular formula is C12H27N3O2. The van der Waals surface area contributed by atoms with Gasteiger partial charge in [0.1, 0.15) is 0 Å². The van der Waals surface area contributed by atoms with Crippen molar-refractivity contribution in [3.8, 4) is 0 Å². The van der Waals surface area contributed by atoms with Crippen LogP contribution in [0.4, 0.5) is 0 Å². The number of ether oxygens (including phenoxy) is 1. The average Bonchev–Trinajstić information content (AvgIpc) is 2.27. The highest BCUT2D eigenvalue weighted by molar-refractivity contribution is 5.78. The molecular weight excluding hydrogens is 218 g/mol. The molecule has 1 amide bonds. The summed E-state index contributed by atoms with van der Waals surface area (Å²) >= 11 is 0. The number of likely N-dealkylation sites (N-methyl/N-ethyl adjacent to an activating group) is 1. The van der Waals surface area contributed by atoms with Crippen LogP contribution in [-0.2, 0) is 9.53 Å². The lowest BCUT2D eigenvalue weighted by molar-refractivity contribution is -0.124. The minimum absolute atomic E-state index is 0.00479. The molecule has 2 atom stereocenters. The molecule has 0 aromatic carbocycles. The first kappa shape index (κ1) is 16.4. The summed E-state index contributed by atoms with van der Waals surface area (Å²) in [4.78, 5) is 13.8. The largest absolute Gasteiger partial charge is 0.383 e. The SMILES string of the molecule is CCC(C)(CN)N(C)CC(=O)NC(C)COC. The molecule has 5 heteroatoms. The van der Waals surface area contributed by atoms with Crippen molar-refractivity contribution in [2.24, 2.45) is 5.73 Å². The number of hydrogen-bond donors (Lipinski definition) is 2. The van der Waals surface area contributed by atoms with Crippen molar-refractivity contribution >= 4 is 5.91 Å². The number of rotatable bonds is 8.